The van der Waals surface area contributed by atoms with Crippen LogP contribution in [0.15, 0.2) is 42.5 Å². The summed E-state index contributed by atoms with van der Waals surface area (Å²) >= 11 is 0. The molecule has 0 heterocycles. The second kappa shape index (κ2) is 7.01. The number of ether oxygens (including phenoxy) is 1. The van der Waals surface area contributed by atoms with Gasteiger partial charge in [0, 0.05) is 19.3 Å². The summed E-state index contributed by atoms with van der Waals surface area (Å²) in [5, 5.41) is 2.84. The average Bonchev–Trinajstić information content (AvgIpc) is 2.42. The Bertz CT molecular complexity index is 496. The van der Waals surface area contributed by atoms with Gasteiger partial charge in [0.2, 0.25) is 5.91 Å². The molecule has 1 aromatic rings. The summed E-state index contributed by atoms with van der Waals surface area (Å²) in [7, 11) is 0. The second-order valence-electron chi connectivity index (χ2n) is 5.02. The van der Waals surface area contributed by atoms with Crippen molar-refractivity contribution < 1.29 is 14.3 Å². The molecule has 0 unspecified atom stereocenters. The van der Waals surface area contributed by atoms with Crippen LogP contribution in [-0.2, 0) is 20.9 Å². The minimum absolute atomic E-state index is 0.000104. The fourth-order valence-corrected chi connectivity index (χ4v) is 2.29. The largest absolute Gasteiger partial charge is 0.376 e. The van der Waals surface area contributed by atoms with Gasteiger partial charge in [-0.1, -0.05) is 36.4 Å². The van der Waals surface area contributed by atoms with Gasteiger partial charge in [-0.3, -0.25) is 9.59 Å². The number of amides is 1. The molecule has 0 saturated heterocycles. The van der Waals surface area contributed by atoms with E-state index in [0.717, 1.165) is 5.56 Å². The van der Waals surface area contributed by atoms with Gasteiger partial charge >= 0.3 is 0 Å². The Morgan fingerprint density at radius 3 is 2.80 bits per heavy atom. The van der Waals surface area contributed by atoms with Gasteiger partial charge in [-0.15, -0.1) is 0 Å². The first-order chi connectivity index (χ1) is 9.65. The standard InChI is InChI=1S/C16H19NO3/c1-12(18)17-16-8-7-15(19)9-14(16)11-20-10-13-5-3-2-4-6-13/h2-8,14,16H,9-11H2,1H3,(H,17,18)/t14-,16+/m0/s1. The molecule has 0 aromatic heterocycles. The van der Waals surface area contributed by atoms with Crippen molar-refractivity contribution in [3.05, 3.63) is 48.0 Å². The van der Waals surface area contributed by atoms with Crippen molar-refractivity contribution in [2.24, 2.45) is 5.92 Å². The van der Waals surface area contributed by atoms with Crippen LogP contribution in [0, 0.1) is 5.92 Å². The maximum atomic E-state index is 11.5. The van der Waals surface area contributed by atoms with Crippen molar-refractivity contribution in [1.82, 2.24) is 5.32 Å². The van der Waals surface area contributed by atoms with Gasteiger partial charge in [-0.25, -0.2) is 0 Å². The van der Waals surface area contributed by atoms with Crippen molar-refractivity contribution in [2.45, 2.75) is 26.0 Å². The van der Waals surface area contributed by atoms with Crippen molar-refractivity contribution in [3.8, 4) is 0 Å². The summed E-state index contributed by atoms with van der Waals surface area (Å²) in [5.74, 6) is -0.0120. The van der Waals surface area contributed by atoms with Gasteiger partial charge in [0.15, 0.2) is 5.78 Å². The highest BCUT2D eigenvalue weighted by atomic mass is 16.5. The summed E-state index contributed by atoms with van der Waals surface area (Å²) in [6, 6.07) is 9.76. The highest BCUT2D eigenvalue weighted by molar-refractivity contribution is 5.91. The zero-order valence-electron chi connectivity index (χ0n) is 11.5. The first-order valence-corrected chi connectivity index (χ1v) is 6.75. The molecule has 4 nitrogen and oxygen atoms in total. The van der Waals surface area contributed by atoms with Gasteiger partial charge in [0.05, 0.1) is 19.3 Å². The van der Waals surface area contributed by atoms with E-state index in [1.807, 2.05) is 30.3 Å². The maximum absolute atomic E-state index is 11.5. The third kappa shape index (κ3) is 4.31. The zero-order valence-corrected chi connectivity index (χ0v) is 11.5. The van der Waals surface area contributed by atoms with E-state index in [4.69, 9.17) is 4.74 Å². The molecular weight excluding hydrogens is 254 g/mol. The lowest BCUT2D eigenvalue weighted by atomic mass is 9.89. The molecule has 1 N–H and O–H groups in total. The lowest BCUT2D eigenvalue weighted by molar-refractivity contribution is -0.121. The van der Waals surface area contributed by atoms with Crippen LogP contribution in [0.3, 0.4) is 0 Å². The molecule has 1 amide bonds. The van der Waals surface area contributed by atoms with E-state index in [-0.39, 0.29) is 23.7 Å². The van der Waals surface area contributed by atoms with E-state index in [0.29, 0.717) is 19.6 Å². The Morgan fingerprint density at radius 2 is 2.10 bits per heavy atom. The highest BCUT2D eigenvalue weighted by Crippen LogP contribution is 2.18. The number of carbonyl (C=O) groups excluding carboxylic acids is 2. The minimum atomic E-state index is -0.124. The van der Waals surface area contributed by atoms with Crippen LogP contribution >= 0.6 is 0 Å². The van der Waals surface area contributed by atoms with Crippen molar-refractivity contribution >= 4 is 11.7 Å². The van der Waals surface area contributed by atoms with E-state index < -0.39 is 0 Å². The zero-order chi connectivity index (χ0) is 14.4. The van der Waals surface area contributed by atoms with Crippen LogP contribution in [0.25, 0.3) is 0 Å². The molecule has 106 valence electrons. The SMILES string of the molecule is CC(=O)N[C@@H]1C=CC(=O)C[C@H]1COCc1ccccc1. The minimum Gasteiger partial charge on any atom is -0.376 e. The van der Waals surface area contributed by atoms with E-state index in [1.54, 1.807) is 6.08 Å². The normalized spacial score (nSPS) is 21.8. The molecule has 1 aliphatic rings. The first kappa shape index (κ1) is 14.5. The predicted molar refractivity (Wildman–Crippen MR) is 76.0 cm³/mol. The molecular formula is C16H19NO3. The van der Waals surface area contributed by atoms with Crippen LogP contribution in [-0.4, -0.2) is 24.3 Å². The fraction of sp³-hybridized carbons (Fsp3) is 0.375. The summed E-state index contributed by atoms with van der Waals surface area (Å²) < 4.78 is 5.68. The molecule has 0 bridgehead atoms. The van der Waals surface area contributed by atoms with E-state index in [9.17, 15) is 9.59 Å². The number of hydrogen-bond acceptors (Lipinski definition) is 3. The Balaban J connectivity index is 1.87. The number of hydrogen-bond donors (Lipinski definition) is 1. The quantitative estimate of drug-likeness (QED) is 0.890. The second-order valence-corrected chi connectivity index (χ2v) is 5.02. The number of ketones is 1. The molecule has 0 saturated carbocycles. The number of rotatable bonds is 5. The van der Waals surface area contributed by atoms with Crippen LogP contribution < -0.4 is 5.32 Å². The molecule has 4 heteroatoms. The summed E-state index contributed by atoms with van der Waals surface area (Å²) in [6.07, 6.45) is 3.70. The van der Waals surface area contributed by atoms with E-state index in [2.05, 4.69) is 5.32 Å². The Morgan fingerprint density at radius 1 is 1.35 bits per heavy atom. The lowest BCUT2D eigenvalue weighted by Gasteiger charge is -2.27. The number of allylic oxidation sites excluding steroid dienone is 1. The van der Waals surface area contributed by atoms with Gasteiger partial charge in [-0.05, 0) is 11.6 Å². The van der Waals surface area contributed by atoms with Crippen LogP contribution in [0.1, 0.15) is 18.9 Å². The Labute approximate surface area is 118 Å². The number of nitrogens with one attached hydrogen (secondary N) is 1. The van der Waals surface area contributed by atoms with Crippen LogP contribution in [0.2, 0.25) is 0 Å². The van der Waals surface area contributed by atoms with Gasteiger partial charge in [0.1, 0.15) is 0 Å². The summed E-state index contributed by atoms with van der Waals surface area (Å²) in [5.41, 5.74) is 1.10. The molecule has 1 aliphatic carbocycles. The van der Waals surface area contributed by atoms with Gasteiger partial charge in [-0.2, -0.15) is 0 Å². The molecule has 0 fully saturated rings. The Hall–Kier alpha value is -1.94. The van der Waals surface area contributed by atoms with Gasteiger partial charge < -0.3 is 10.1 Å². The molecule has 0 spiro atoms. The maximum Gasteiger partial charge on any atom is 0.217 e. The third-order valence-corrected chi connectivity index (χ3v) is 3.27. The first-order valence-electron chi connectivity index (χ1n) is 6.75. The summed E-state index contributed by atoms with van der Waals surface area (Å²) in [6.45, 7) is 2.45. The number of benzene rings is 1. The number of carbonyl (C=O) groups is 2. The summed E-state index contributed by atoms with van der Waals surface area (Å²) in [4.78, 5) is 22.6. The fourth-order valence-electron chi connectivity index (χ4n) is 2.29. The van der Waals surface area contributed by atoms with Crippen molar-refractivity contribution in [2.75, 3.05) is 6.61 Å². The van der Waals surface area contributed by atoms with Crippen LogP contribution in [0.5, 0.6) is 0 Å². The van der Waals surface area contributed by atoms with Crippen molar-refractivity contribution in [3.63, 3.8) is 0 Å². The molecule has 20 heavy (non-hydrogen) atoms. The van der Waals surface area contributed by atoms with Crippen LogP contribution in [0.4, 0.5) is 0 Å². The lowest BCUT2D eigenvalue weighted by Crippen LogP contribution is -2.42. The van der Waals surface area contributed by atoms with E-state index >= 15 is 0 Å². The highest BCUT2D eigenvalue weighted by Gasteiger charge is 2.26. The third-order valence-electron chi connectivity index (χ3n) is 3.27. The Kier molecular flexibility index (Phi) is 5.07. The molecule has 2 rings (SSSR count). The molecule has 1 aromatic carbocycles. The monoisotopic (exact) mass is 273 g/mol. The van der Waals surface area contributed by atoms with E-state index in [1.165, 1.54) is 13.0 Å². The molecule has 2 atom stereocenters. The smallest absolute Gasteiger partial charge is 0.217 e. The predicted octanol–water partition coefficient (Wildman–Crippen LogP) is 1.85. The molecule has 0 aliphatic heterocycles. The topological polar surface area (TPSA) is 55.4 Å². The average molecular weight is 273 g/mol. The van der Waals surface area contributed by atoms with Gasteiger partial charge in [0.25, 0.3) is 0 Å². The van der Waals surface area contributed by atoms with Crippen molar-refractivity contribution in [1.29, 1.82) is 0 Å². The molecule has 0 radical (unpaired) electrons.